The number of hydrogen-bond donors (Lipinski definition) is 1. The van der Waals surface area contributed by atoms with Gasteiger partial charge in [-0.05, 0) is 30.9 Å². The molecule has 7 heteroatoms. The Morgan fingerprint density at radius 1 is 1.32 bits per heavy atom. The van der Waals surface area contributed by atoms with Crippen LogP contribution in [0, 0.1) is 13.8 Å². The van der Waals surface area contributed by atoms with Crippen LogP contribution in [0.4, 0.5) is 5.13 Å². The Balaban J connectivity index is 2.19. The number of amides is 1. The van der Waals surface area contributed by atoms with E-state index in [2.05, 4.69) is 15.0 Å². The van der Waals surface area contributed by atoms with E-state index in [0.717, 1.165) is 16.9 Å². The zero-order valence-electron chi connectivity index (χ0n) is 10.6. The molecule has 2 aromatic rings. The van der Waals surface area contributed by atoms with Gasteiger partial charge in [0.05, 0.1) is 17.7 Å². The molecule has 0 radical (unpaired) electrons. The van der Waals surface area contributed by atoms with Crippen molar-refractivity contribution in [1.29, 1.82) is 0 Å². The minimum atomic E-state index is -0.442. The molecule has 0 bridgehead atoms. The molecule has 2 aromatic heterocycles. The molecule has 0 aliphatic carbocycles. The first kappa shape index (κ1) is 13.7. The predicted molar refractivity (Wildman–Crippen MR) is 75.2 cm³/mol. The predicted octanol–water partition coefficient (Wildman–Crippen LogP) is 2.86. The van der Waals surface area contributed by atoms with Gasteiger partial charge in [0.15, 0.2) is 5.13 Å². The minimum absolute atomic E-state index is 0.210. The first-order valence-electron chi connectivity index (χ1n) is 5.44. The summed E-state index contributed by atoms with van der Waals surface area (Å²) in [6, 6.07) is 1.88. The quantitative estimate of drug-likeness (QED) is 0.884. The number of ether oxygens (including phenoxy) is 1. The average Bonchev–Trinajstić information content (AvgIpc) is 2.94. The number of esters is 1. The number of anilines is 1. The summed E-state index contributed by atoms with van der Waals surface area (Å²) in [6.45, 7) is 3.58. The van der Waals surface area contributed by atoms with Crippen LogP contribution in [0.25, 0.3) is 0 Å². The van der Waals surface area contributed by atoms with Crippen molar-refractivity contribution in [3.63, 3.8) is 0 Å². The first-order chi connectivity index (χ1) is 9.02. The van der Waals surface area contributed by atoms with E-state index in [1.165, 1.54) is 18.4 Å². The van der Waals surface area contributed by atoms with Crippen molar-refractivity contribution in [2.45, 2.75) is 13.8 Å². The van der Waals surface area contributed by atoms with Crippen molar-refractivity contribution in [2.75, 3.05) is 12.4 Å². The van der Waals surface area contributed by atoms with Crippen molar-refractivity contribution in [3.05, 3.63) is 32.5 Å². The fourth-order valence-corrected chi connectivity index (χ4v) is 3.19. The third-order valence-electron chi connectivity index (χ3n) is 2.46. The third kappa shape index (κ3) is 2.82. The number of nitrogens with one attached hydrogen (secondary N) is 1. The van der Waals surface area contributed by atoms with Crippen LogP contribution in [-0.2, 0) is 4.74 Å². The van der Waals surface area contributed by atoms with Gasteiger partial charge in [-0.2, -0.15) is 0 Å². The molecule has 0 aromatic carbocycles. The maximum absolute atomic E-state index is 12.0. The smallest absolute Gasteiger partial charge is 0.350 e. The highest BCUT2D eigenvalue weighted by molar-refractivity contribution is 7.18. The maximum atomic E-state index is 12.0. The third-order valence-corrected chi connectivity index (χ3v) is 4.52. The lowest BCUT2D eigenvalue weighted by atomic mass is 10.3. The number of thiazole rings is 1. The van der Waals surface area contributed by atoms with Crippen LogP contribution in [0.5, 0.6) is 0 Å². The number of hydrogen-bond acceptors (Lipinski definition) is 6. The van der Waals surface area contributed by atoms with Gasteiger partial charge in [0, 0.05) is 0 Å². The number of methoxy groups -OCH3 is 1. The van der Waals surface area contributed by atoms with E-state index >= 15 is 0 Å². The summed E-state index contributed by atoms with van der Waals surface area (Å²) in [5.74, 6) is -0.652. The molecule has 100 valence electrons. The Labute approximate surface area is 118 Å². The summed E-state index contributed by atoms with van der Waals surface area (Å²) in [5, 5.41) is 4.95. The maximum Gasteiger partial charge on any atom is 0.350 e. The summed E-state index contributed by atoms with van der Waals surface area (Å²) in [6.07, 6.45) is 0. The fourth-order valence-electron chi connectivity index (χ4n) is 1.49. The number of aromatic nitrogens is 1. The molecular weight excluding hydrogens is 284 g/mol. The Hall–Kier alpha value is -1.73. The van der Waals surface area contributed by atoms with E-state index in [1.807, 2.05) is 18.4 Å². The van der Waals surface area contributed by atoms with E-state index in [1.54, 1.807) is 6.92 Å². The van der Waals surface area contributed by atoms with Gasteiger partial charge >= 0.3 is 5.97 Å². The Kier molecular flexibility index (Phi) is 3.96. The highest BCUT2D eigenvalue weighted by Crippen LogP contribution is 2.25. The summed E-state index contributed by atoms with van der Waals surface area (Å²) >= 11 is 2.48. The lowest BCUT2D eigenvalue weighted by Gasteiger charge is -1.99. The van der Waals surface area contributed by atoms with E-state index in [9.17, 15) is 9.59 Å². The summed E-state index contributed by atoms with van der Waals surface area (Å²) in [4.78, 5) is 28.7. The van der Waals surface area contributed by atoms with Crippen LogP contribution in [0.3, 0.4) is 0 Å². The normalized spacial score (nSPS) is 10.3. The molecule has 2 heterocycles. The monoisotopic (exact) mass is 296 g/mol. The molecule has 19 heavy (non-hydrogen) atoms. The molecule has 0 spiro atoms. The standard InChI is InChI=1S/C12H12N2O3S2/c1-6-4-5-18-8(6)10(15)14-12-13-7(2)9(19-12)11(16)17-3/h4-5H,1-3H3,(H,13,14,15). The van der Waals surface area contributed by atoms with Crippen LogP contribution in [-0.4, -0.2) is 24.0 Å². The van der Waals surface area contributed by atoms with Crippen LogP contribution >= 0.6 is 22.7 Å². The second-order valence-corrected chi connectivity index (χ2v) is 5.73. The number of carbonyl (C=O) groups is 2. The Morgan fingerprint density at radius 2 is 2.05 bits per heavy atom. The molecule has 1 N–H and O–H groups in total. The first-order valence-corrected chi connectivity index (χ1v) is 7.13. The number of carbonyl (C=O) groups excluding carboxylic acids is 2. The molecule has 2 rings (SSSR count). The highest BCUT2D eigenvalue weighted by atomic mass is 32.1. The molecule has 1 amide bonds. The summed E-state index contributed by atoms with van der Waals surface area (Å²) in [5.41, 5.74) is 1.47. The van der Waals surface area contributed by atoms with E-state index in [-0.39, 0.29) is 5.91 Å². The highest BCUT2D eigenvalue weighted by Gasteiger charge is 2.18. The second kappa shape index (κ2) is 5.50. The Morgan fingerprint density at radius 3 is 2.63 bits per heavy atom. The van der Waals surface area contributed by atoms with Gasteiger partial charge in [0.25, 0.3) is 5.91 Å². The van der Waals surface area contributed by atoms with Gasteiger partial charge in [-0.1, -0.05) is 11.3 Å². The molecule has 5 nitrogen and oxygen atoms in total. The molecule has 0 atom stereocenters. The lowest BCUT2D eigenvalue weighted by Crippen LogP contribution is -2.10. The van der Waals surface area contributed by atoms with Crippen LogP contribution in [0.15, 0.2) is 11.4 Å². The molecule has 0 unspecified atom stereocenters. The van der Waals surface area contributed by atoms with Gasteiger partial charge in [-0.25, -0.2) is 9.78 Å². The van der Waals surface area contributed by atoms with E-state index in [4.69, 9.17) is 0 Å². The number of rotatable bonds is 3. The van der Waals surface area contributed by atoms with E-state index < -0.39 is 5.97 Å². The van der Waals surface area contributed by atoms with Crippen molar-refractivity contribution >= 4 is 39.7 Å². The van der Waals surface area contributed by atoms with Crippen LogP contribution < -0.4 is 5.32 Å². The van der Waals surface area contributed by atoms with Crippen molar-refractivity contribution in [3.8, 4) is 0 Å². The Bertz CT molecular complexity index is 631. The number of aryl methyl sites for hydroxylation is 2. The zero-order chi connectivity index (χ0) is 14.0. The number of nitrogens with zero attached hydrogens (tertiary/aromatic N) is 1. The lowest BCUT2D eigenvalue weighted by molar-refractivity contribution is 0.0605. The molecular formula is C12H12N2O3S2. The van der Waals surface area contributed by atoms with Crippen molar-refractivity contribution in [1.82, 2.24) is 4.98 Å². The number of thiophene rings is 1. The molecule has 0 aliphatic heterocycles. The average molecular weight is 296 g/mol. The minimum Gasteiger partial charge on any atom is -0.465 e. The molecule has 0 aliphatic rings. The zero-order valence-corrected chi connectivity index (χ0v) is 12.3. The molecule has 0 fully saturated rings. The van der Waals surface area contributed by atoms with Gasteiger partial charge in [0.2, 0.25) is 0 Å². The van der Waals surface area contributed by atoms with Gasteiger partial charge in [-0.15, -0.1) is 11.3 Å². The second-order valence-electron chi connectivity index (χ2n) is 3.81. The fraction of sp³-hybridized carbons (Fsp3) is 0.250. The van der Waals surface area contributed by atoms with Crippen molar-refractivity contribution in [2.24, 2.45) is 0 Å². The SMILES string of the molecule is COC(=O)c1sc(NC(=O)c2sccc2C)nc1C. The van der Waals surface area contributed by atoms with Gasteiger partial charge < -0.3 is 4.74 Å². The molecule has 0 saturated carbocycles. The topological polar surface area (TPSA) is 68.3 Å². The van der Waals surface area contributed by atoms with Gasteiger partial charge in [-0.3, -0.25) is 10.1 Å². The largest absolute Gasteiger partial charge is 0.465 e. The van der Waals surface area contributed by atoms with Gasteiger partial charge in [0.1, 0.15) is 4.88 Å². The summed E-state index contributed by atoms with van der Waals surface area (Å²) < 4.78 is 4.65. The summed E-state index contributed by atoms with van der Waals surface area (Å²) in [7, 11) is 1.31. The van der Waals surface area contributed by atoms with Crippen molar-refractivity contribution < 1.29 is 14.3 Å². The molecule has 0 saturated heterocycles. The van der Waals surface area contributed by atoms with Crippen LogP contribution in [0.1, 0.15) is 30.6 Å². The van der Waals surface area contributed by atoms with E-state index in [0.29, 0.717) is 20.6 Å². The van der Waals surface area contributed by atoms with Crippen LogP contribution in [0.2, 0.25) is 0 Å².